The lowest BCUT2D eigenvalue weighted by Crippen LogP contribution is -2.24. The highest BCUT2D eigenvalue weighted by Crippen LogP contribution is 2.24. The topological polar surface area (TPSA) is 63.3 Å². The Hall–Kier alpha value is -1.01. The Kier molecular flexibility index (Phi) is 3.76. The average Bonchev–Trinajstić information content (AvgIpc) is 2.51. The molecule has 1 rings (SSSR count). The van der Waals surface area contributed by atoms with E-state index in [0.29, 0.717) is 0 Å². The van der Waals surface area contributed by atoms with E-state index in [4.69, 9.17) is 5.73 Å². The Bertz CT molecular complexity index is 376. The van der Waals surface area contributed by atoms with Crippen LogP contribution in [-0.2, 0) is 5.41 Å². The first-order valence-electron chi connectivity index (χ1n) is 4.44. The van der Waals surface area contributed by atoms with Crippen molar-refractivity contribution < 1.29 is 0 Å². The molecule has 0 spiro atoms. The molecule has 0 radical (unpaired) electrons. The molecule has 0 aliphatic heterocycles. The zero-order valence-electron chi connectivity index (χ0n) is 8.94. The molecule has 0 atom stereocenters. The number of hydrogen-bond donors (Lipinski definition) is 2. The molecule has 1 heterocycles. The van der Waals surface area contributed by atoms with Crippen LogP contribution in [0, 0.1) is 0 Å². The van der Waals surface area contributed by atoms with Gasteiger partial charge in [0.2, 0.25) is 0 Å². The standard InChI is InChI=1S/C9H14N4S2/c1-9(2,3)7-12-6(5-15-7)4-11-13-8(10)14/h4-5H,1-3H3,(H3,10,13,14). The fourth-order valence-corrected chi connectivity index (χ4v) is 1.76. The van der Waals surface area contributed by atoms with Crippen molar-refractivity contribution in [3.63, 3.8) is 0 Å². The van der Waals surface area contributed by atoms with Gasteiger partial charge >= 0.3 is 0 Å². The van der Waals surface area contributed by atoms with E-state index in [2.05, 4.69) is 48.5 Å². The van der Waals surface area contributed by atoms with E-state index in [-0.39, 0.29) is 10.5 Å². The molecule has 0 fully saturated rings. The third-order valence-corrected chi connectivity index (χ3v) is 2.91. The van der Waals surface area contributed by atoms with Gasteiger partial charge in [0.1, 0.15) is 0 Å². The summed E-state index contributed by atoms with van der Waals surface area (Å²) in [7, 11) is 0. The molecule has 0 aliphatic rings. The normalized spacial score (nSPS) is 11.9. The van der Waals surface area contributed by atoms with Gasteiger partial charge in [-0.3, -0.25) is 5.43 Å². The quantitative estimate of drug-likeness (QED) is 0.470. The number of rotatable bonds is 2. The van der Waals surface area contributed by atoms with Crippen LogP contribution in [0.2, 0.25) is 0 Å². The second-order valence-corrected chi connectivity index (χ2v) is 5.36. The number of thiocarbonyl (C=S) groups is 1. The third-order valence-electron chi connectivity index (χ3n) is 1.54. The molecule has 0 amide bonds. The van der Waals surface area contributed by atoms with Crippen molar-refractivity contribution in [3.8, 4) is 0 Å². The molecule has 0 saturated carbocycles. The fourth-order valence-electron chi connectivity index (χ4n) is 0.852. The molecule has 15 heavy (non-hydrogen) atoms. The molecule has 4 nitrogen and oxygen atoms in total. The Balaban J connectivity index is 2.69. The van der Waals surface area contributed by atoms with Crippen LogP contribution >= 0.6 is 23.6 Å². The summed E-state index contributed by atoms with van der Waals surface area (Å²) in [5.41, 5.74) is 8.60. The van der Waals surface area contributed by atoms with Gasteiger partial charge in [-0.25, -0.2) is 4.98 Å². The second-order valence-electron chi connectivity index (χ2n) is 4.06. The maximum Gasteiger partial charge on any atom is 0.184 e. The van der Waals surface area contributed by atoms with Crippen molar-refractivity contribution in [1.29, 1.82) is 0 Å². The van der Waals surface area contributed by atoms with Crippen molar-refractivity contribution in [1.82, 2.24) is 10.4 Å². The van der Waals surface area contributed by atoms with Gasteiger partial charge in [-0.15, -0.1) is 11.3 Å². The summed E-state index contributed by atoms with van der Waals surface area (Å²) in [4.78, 5) is 4.42. The molecule has 1 aromatic rings. The molecular formula is C9H14N4S2. The maximum absolute atomic E-state index is 5.22. The number of aromatic nitrogens is 1. The van der Waals surface area contributed by atoms with Gasteiger partial charge in [0.25, 0.3) is 0 Å². The number of hydrazone groups is 1. The Labute approximate surface area is 98.6 Å². The van der Waals surface area contributed by atoms with Gasteiger partial charge < -0.3 is 5.73 Å². The molecule has 0 aliphatic carbocycles. The van der Waals surface area contributed by atoms with Gasteiger partial charge in [0.15, 0.2) is 5.11 Å². The first kappa shape index (κ1) is 12.1. The molecule has 0 unspecified atom stereocenters. The Morgan fingerprint density at radius 1 is 1.67 bits per heavy atom. The second kappa shape index (κ2) is 4.67. The predicted molar refractivity (Wildman–Crippen MR) is 68.3 cm³/mol. The van der Waals surface area contributed by atoms with E-state index in [1.807, 2.05) is 5.38 Å². The molecule has 0 bridgehead atoms. The molecule has 0 saturated heterocycles. The number of nitrogens with two attached hydrogens (primary N) is 1. The highest BCUT2D eigenvalue weighted by molar-refractivity contribution is 7.80. The lowest BCUT2D eigenvalue weighted by atomic mass is 9.98. The lowest BCUT2D eigenvalue weighted by Gasteiger charge is -2.13. The van der Waals surface area contributed by atoms with Crippen LogP contribution in [0.5, 0.6) is 0 Å². The molecule has 0 aromatic carbocycles. The SMILES string of the molecule is CC(C)(C)c1nc(C=NNC(N)=S)cs1. The smallest absolute Gasteiger partial charge is 0.184 e. The zero-order valence-corrected chi connectivity index (χ0v) is 10.6. The minimum absolute atomic E-state index is 0.0767. The predicted octanol–water partition coefficient (Wildman–Crippen LogP) is 1.61. The first-order chi connectivity index (χ1) is 6.89. The number of hydrogen-bond acceptors (Lipinski definition) is 4. The van der Waals surface area contributed by atoms with E-state index in [1.54, 1.807) is 17.6 Å². The van der Waals surface area contributed by atoms with Crippen molar-refractivity contribution in [2.24, 2.45) is 10.8 Å². The highest BCUT2D eigenvalue weighted by atomic mass is 32.1. The Morgan fingerprint density at radius 2 is 2.33 bits per heavy atom. The number of nitrogens with one attached hydrogen (secondary N) is 1. The zero-order chi connectivity index (χ0) is 11.5. The summed E-state index contributed by atoms with van der Waals surface area (Å²) < 4.78 is 0. The summed E-state index contributed by atoms with van der Waals surface area (Å²) in [5.74, 6) is 0. The van der Waals surface area contributed by atoms with E-state index >= 15 is 0 Å². The molecule has 82 valence electrons. The van der Waals surface area contributed by atoms with Gasteiger partial charge in [-0.2, -0.15) is 5.10 Å². The number of nitrogens with zero attached hydrogens (tertiary/aromatic N) is 2. The molecule has 6 heteroatoms. The van der Waals surface area contributed by atoms with Crippen LogP contribution in [-0.4, -0.2) is 16.3 Å². The third kappa shape index (κ3) is 3.93. The monoisotopic (exact) mass is 242 g/mol. The van der Waals surface area contributed by atoms with Gasteiger partial charge in [-0.05, 0) is 12.2 Å². The minimum atomic E-state index is 0.0767. The minimum Gasteiger partial charge on any atom is -0.375 e. The van der Waals surface area contributed by atoms with Crippen LogP contribution in [0.4, 0.5) is 0 Å². The molecule has 3 N–H and O–H groups in total. The fraction of sp³-hybridized carbons (Fsp3) is 0.444. The van der Waals surface area contributed by atoms with E-state index in [0.717, 1.165) is 10.7 Å². The summed E-state index contributed by atoms with van der Waals surface area (Å²) in [6.45, 7) is 6.38. The Morgan fingerprint density at radius 3 is 2.80 bits per heavy atom. The maximum atomic E-state index is 5.22. The highest BCUT2D eigenvalue weighted by Gasteiger charge is 2.17. The average molecular weight is 242 g/mol. The van der Waals surface area contributed by atoms with E-state index in [9.17, 15) is 0 Å². The van der Waals surface area contributed by atoms with Gasteiger partial charge in [0, 0.05) is 10.8 Å². The van der Waals surface area contributed by atoms with Crippen LogP contribution in [0.3, 0.4) is 0 Å². The van der Waals surface area contributed by atoms with Crippen LogP contribution in [0.15, 0.2) is 10.5 Å². The van der Waals surface area contributed by atoms with Gasteiger partial charge in [0.05, 0.1) is 16.9 Å². The van der Waals surface area contributed by atoms with Gasteiger partial charge in [-0.1, -0.05) is 20.8 Å². The first-order valence-corrected chi connectivity index (χ1v) is 5.73. The number of thiazole rings is 1. The summed E-state index contributed by atoms with van der Waals surface area (Å²) in [6, 6.07) is 0. The van der Waals surface area contributed by atoms with Crippen LogP contribution in [0.1, 0.15) is 31.5 Å². The van der Waals surface area contributed by atoms with Crippen molar-refractivity contribution >= 4 is 34.9 Å². The summed E-state index contributed by atoms with van der Waals surface area (Å²) in [6.07, 6.45) is 1.60. The molecule has 1 aromatic heterocycles. The van der Waals surface area contributed by atoms with E-state index < -0.39 is 0 Å². The van der Waals surface area contributed by atoms with Crippen LogP contribution < -0.4 is 11.2 Å². The molecular weight excluding hydrogens is 228 g/mol. The van der Waals surface area contributed by atoms with Crippen LogP contribution in [0.25, 0.3) is 0 Å². The van der Waals surface area contributed by atoms with E-state index in [1.165, 1.54) is 0 Å². The largest absolute Gasteiger partial charge is 0.375 e. The lowest BCUT2D eigenvalue weighted by molar-refractivity contribution is 0.585. The van der Waals surface area contributed by atoms with Crippen molar-refractivity contribution in [3.05, 3.63) is 16.1 Å². The summed E-state index contributed by atoms with van der Waals surface area (Å²) >= 11 is 6.23. The van der Waals surface area contributed by atoms with Crippen molar-refractivity contribution in [2.75, 3.05) is 0 Å². The summed E-state index contributed by atoms with van der Waals surface area (Å²) in [5, 5.41) is 7.02. The van der Waals surface area contributed by atoms with Crippen molar-refractivity contribution in [2.45, 2.75) is 26.2 Å².